The van der Waals surface area contributed by atoms with E-state index in [2.05, 4.69) is 17.4 Å². The van der Waals surface area contributed by atoms with Crippen LogP contribution in [0.4, 0.5) is 4.79 Å². The van der Waals surface area contributed by atoms with Gasteiger partial charge in [-0.3, -0.25) is 4.79 Å². The van der Waals surface area contributed by atoms with Crippen LogP contribution in [0.3, 0.4) is 0 Å². The van der Waals surface area contributed by atoms with E-state index in [0.717, 1.165) is 18.6 Å². The predicted molar refractivity (Wildman–Crippen MR) is 91.5 cm³/mol. The van der Waals surface area contributed by atoms with Crippen LogP contribution in [0, 0.1) is 5.92 Å². The Morgan fingerprint density at radius 1 is 1.26 bits per heavy atom. The number of carbonyl (C=O) groups is 2. The summed E-state index contributed by atoms with van der Waals surface area (Å²) in [6.45, 7) is 2.11. The third-order valence-corrected chi connectivity index (χ3v) is 4.99. The molecule has 23 heavy (non-hydrogen) atoms. The third kappa shape index (κ3) is 6.14. The van der Waals surface area contributed by atoms with E-state index < -0.39 is 0 Å². The van der Waals surface area contributed by atoms with Crippen LogP contribution < -0.4 is 5.32 Å². The molecule has 0 aromatic heterocycles. The molecule has 0 radical (unpaired) electrons. The molecule has 6 heteroatoms. The second-order valence-electron chi connectivity index (χ2n) is 5.62. The van der Waals surface area contributed by atoms with Gasteiger partial charge in [0.05, 0.1) is 7.11 Å². The van der Waals surface area contributed by atoms with Gasteiger partial charge < -0.3 is 15.0 Å². The molecule has 1 saturated heterocycles. The Bertz CT molecular complexity index is 502. The van der Waals surface area contributed by atoms with E-state index >= 15 is 0 Å². The molecule has 2 rings (SSSR count). The van der Waals surface area contributed by atoms with E-state index in [1.165, 1.54) is 12.0 Å². The normalized spacial score (nSPS) is 15.3. The van der Waals surface area contributed by atoms with Crippen molar-refractivity contribution in [3.8, 4) is 0 Å². The lowest BCUT2D eigenvalue weighted by molar-refractivity contribution is -0.120. The van der Waals surface area contributed by atoms with Crippen molar-refractivity contribution in [2.45, 2.75) is 24.2 Å². The molecular weight excluding hydrogens is 312 g/mol. The molecule has 1 heterocycles. The third-order valence-electron chi connectivity index (χ3n) is 3.98. The molecule has 1 aromatic carbocycles. The molecule has 2 amide bonds. The van der Waals surface area contributed by atoms with Crippen molar-refractivity contribution in [1.82, 2.24) is 10.2 Å². The number of ether oxygens (including phenoxy) is 1. The van der Waals surface area contributed by atoms with Crippen LogP contribution in [0.1, 0.15) is 19.3 Å². The first-order valence-electron chi connectivity index (χ1n) is 7.96. The van der Waals surface area contributed by atoms with Gasteiger partial charge in [0.25, 0.3) is 0 Å². The van der Waals surface area contributed by atoms with Crippen molar-refractivity contribution >= 4 is 23.8 Å². The summed E-state index contributed by atoms with van der Waals surface area (Å²) < 4.78 is 4.72. The zero-order valence-corrected chi connectivity index (χ0v) is 14.3. The molecular formula is C17H24N2O3S. The minimum absolute atomic E-state index is 0.101. The smallest absolute Gasteiger partial charge is 0.409 e. The molecule has 1 N–H and O–H groups in total. The van der Waals surface area contributed by atoms with Gasteiger partial charge in [0.1, 0.15) is 0 Å². The molecule has 1 aromatic rings. The van der Waals surface area contributed by atoms with Gasteiger partial charge in [0, 0.05) is 36.7 Å². The highest BCUT2D eigenvalue weighted by molar-refractivity contribution is 7.99. The van der Waals surface area contributed by atoms with Gasteiger partial charge in [0.2, 0.25) is 5.91 Å². The Kier molecular flexibility index (Phi) is 7.26. The van der Waals surface area contributed by atoms with E-state index in [9.17, 15) is 9.59 Å². The van der Waals surface area contributed by atoms with Crippen LogP contribution in [0.5, 0.6) is 0 Å². The Hall–Kier alpha value is -1.69. The quantitative estimate of drug-likeness (QED) is 0.812. The maximum absolute atomic E-state index is 11.9. The van der Waals surface area contributed by atoms with E-state index in [1.54, 1.807) is 16.7 Å². The van der Waals surface area contributed by atoms with Crippen molar-refractivity contribution in [3.63, 3.8) is 0 Å². The summed E-state index contributed by atoms with van der Waals surface area (Å²) >= 11 is 1.70. The van der Waals surface area contributed by atoms with Crippen molar-refractivity contribution in [2.75, 3.05) is 32.5 Å². The first-order chi connectivity index (χ1) is 11.2. The van der Waals surface area contributed by atoms with Gasteiger partial charge in [-0.25, -0.2) is 4.79 Å². The van der Waals surface area contributed by atoms with Gasteiger partial charge in [-0.1, -0.05) is 18.2 Å². The summed E-state index contributed by atoms with van der Waals surface area (Å²) in [4.78, 5) is 26.2. The Morgan fingerprint density at radius 3 is 2.61 bits per heavy atom. The number of benzene rings is 1. The monoisotopic (exact) mass is 336 g/mol. The lowest BCUT2D eigenvalue weighted by atomic mass is 9.97. The zero-order chi connectivity index (χ0) is 16.5. The molecule has 126 valence electrons. The highest BCUT2D eigenvalue weighted by Gasteiger charge is 2.23. The van der Waals surface area contributed by atoms with Crippen molar-refractivity contribution < 1.29 is 14.3 Å². The fraction of sp³-hybridized carbons (Fsp3) is 0.529. The molecule has 1 aliphatic heterocycles. The predicted octanol–water partition coefficient (Wildman–Crippen LogP) is 2.76. The van der Waals surface area contributed by atoms with Crippen LogP contribution in [0.25, 0.3) is 0 Å². The number of likely N-dealkylation sites (tertiary alicyclic amines) is 1. The Morgan fingerprint density at radius 2 is 1.96 bits per heavy atom. The number of hydrogen-bond donors (Lipinski definition) is 1. The highest BCUT2D eigenvalue weighted by atomic mass is 32.2. The van der Waals surface area contributed by atoms with Crippen LogP contribution in [0.15, 0.2) is 35.2 Å². The summed E-state index contributed by atoms with van der Waals surface area (Å²) in [5.74, 6) is 1.34. The number of piperidine rings is 1. The summed E-state index contributed by atoms with van der Waals surface area (Å²) in [7, 11) is 1.40. The van der Waals surface area contributed by atoms with Crippen LogP contribution in [-0.2, 0) is 9.53 Å². The maximum Gasteiger partial charge on any atom is 0.409 e. The summed E-state index contributed by atoms with van der Waals surface area (Å²) in [5.41, 5.74) is 0. The minimum Gasteiger partial charge on any atom is -0.453 e. The highest BCUT2D eigenvalue weighted by Crippen LogP contribution is 2.18. The molecule has 1 aliphatic rings. The van der Waals surface area contributed by atoms with Gasteiger partial charge in [-0.2, -0.15) is 0 Å². The molecule has 0 saturated carbocycles. The van der Waals surface area contributed by atoms with Gasteiger partial charge in [0.15, 0.2) is 0 Å². The molecule has 0 atom stereocenters. The standard InChI is InChI=1S/C17H24N2O3S/c1-22-17(21)19-10-7-14(8-11-19)13-18-16(20)9-12-23-15-5-3-2-4-6-15/h2-6,14H,7-13H2,1H3,(H,18,20). The molecule has 5 nitrogen and oxygen atoms in total. The second-order valence-corrected chi connectivity index (χ2v) is 6.78. The topological polar surface area (TPSA) is 58.6 Å². The summed E-state index contributed by atoms with van der Waals surface area (Å²) in [6, 6.07) is 10.1. The van der Waals surface area contributed by atoms with Crippen molar-refractivity contribution in [2.24, 2.45) is 5.92 Å². The van der Waals surface area contributed by atoms with Gasteiger partial charge in [-0.15, -0.1) is 11.8 Å². The second kappa shape index (κ2) is 9.45. The van der Waals surface area contributed by atoms with E-state index in [-0.39, 0.29) is 12.0 Å². The number of thioether (sulfide) groups is 1. The number of nitrogens with zero attached hydrogens (tertiary/aromatic N) is 1. The number of methoxy groups -OCH3 is 1. The fourth-order valence-corrected chi connectivity index (χ4v) is 3.45. The van der Waals surface area contributed by atoms with Gasteiger partial charge in [-0.05, 0) is 30.9 Å². The maximum atomic E-state index is 11.9. The molecule has 0 spiro atoms. The number of nitrogens with one attached hydrogen (secondary N) is 1. The zero-order valence-electron chi connectivity index (χ0n) is 13.5. The average Bonchev–Trinajstić information content (AvgIpc) is 2.60. The first-order valence-corrected chi connectivity index (χ1v) is 8.95. The molecule has 0 unspecified atom stereocenters. The van der Waals surface area contributed by atoms with E-state index in [0.29, 0.717) is 32.0 Å². The minimum atomic E-state index is -0.259. The van der Waals surface area contributed by atoms with Crippen LogP contribution in [-0.4, -0.2) is 49.4 Å². The summed E-state index contributed by atoms with van der Waals surface area (Å²) in [5, 5.41) is 3.01. The lowest BCUT2D eigenvalue weighted by Crippen LogP contribution is -2.41. The van der Waals surface area contributed by atoms with Crippen molar-refractivity contribution in [3.05, 3.63) is 30.3 Å². The van der Waals surface area contributed by atoms with Gasteiger partial charge >= 0.3 is 6.09 Å². The van der Waals surface area contributed by atoms with Crippen LogP contribution >= 0.6 is 11.8 Å². The largest absolute Gasteiger partial charge is 0.453 e. The average molecular weight is 336 g/mol. The van der Waals surface area contributed by atoms with E-state index in [4.69, 9.17) is 4.74 Å². The first kappa shape index (κ1) is 17.7. The number of amides is 2. The fourth-order valence-electron chi connectivity index (χ4n) is 2.57. The molecule has 0 bridgehead atoms. The molecule has 1 fully saturated rings. The lowest BCUT2D eigenvalue weighted by Gasteiger charge is -2.30. The van der Waals surface area contributed by atoms with Crippen LogP contribution in [0.2, 0.25) is 0 Å². The molecule has 0 aliphatic carbocycles. The van der Waals surface area contributed by atoms with E-state index in [1.807, 2.05) is 18.2 Å². The SMILES string of the molecule is COC(=O)N1CCC(CNC(=O)CCSc2ccccc2)CC1. The number of hydrogen-bond acceptors (Lipinski definition) is 4. The van der Waals surface area contributed by atoms with Crippen molar-refractivity contribution in [1.29, 1.82) is 0 Å². The summed E-state index contributed by atoms with van der Waals surface area (Å²) in [6.07, 6.45) is 2.09. The number of carbonyl (C=O) groups excluding carboxylic acids is 2. The Balaban J connectivity index is 1.57. The number of rotatable bonds is 6. The Labute approximate surface area is 141 Å².